The van der Waals surface area contributed by atoms with Crippen molar-refractivity contribution in [3.63, 3.8) is 0 Å². The van der Waals surface area contributed by atoms with E-state index in [9.17, 15) is 9.59 Å². The van der Waals surface area contributed by atoms with Gasteiger partial charge in [0.15, 0.2) is 0 Å². The van der Waals surface area contributed by atoms with E-state index in [1.165, 1.54) is 16.7 Å². The number of imide groups is 1. The van der Waals surface area contributed by atoms with Crippen molar-refractivity contribution in [2.24, 2.45) is 0 Å². The summed E-state index contributed by atoms with van der Waals surface area (Å²) in [6.07, 6.45) is 3.16. The number of nitrogens with zero attached hydrogens (tertiary/aromatic N) is 1. The fourth-order valence-corrected chi connectivity index (χ4v) is 4.37. The van der Waals surface area contributed by atoms with E-state index < -0.39 is 0 Å². The maximum absolute atomic E-state index is 12.2. The van der Waals surface area contributed by atoms with E-state index in [-0.39, 0.29) is 23.5 Å². The van der Waals surface area contributed by atoms with Crippen LogP contribution in [-0.4, -0.2) is 41.4 Å². The first-order chi connectivity index (χ1) is 11.6. The molecule has 1 aromatic carbocycles. The second kappa shape index (κ2) is 5.04. The van der Waals surface area contributed by atoms with Gasteiger partial charge in [0, 0.05) is 38.2 Å². The number of hydrogen-bond donors (Lipinski definition) is 2. The van der Waals surface area contributed by atoms with Gasteiger partial charge < -0.3 is 10.1 Å². The minimum atomic E-state index is -0.214. The molecule has 2 N–H and O–H groups in total. The number of benzene rings is 1. The van der Waals surface area contributed by atoms with Gasteiger partial charge >= 0.3 is 0 Å². The molecule has 24 heavy (non-hydrogen) atoms. The molecule has 126 valence electrons. The van der Waals surface area contributed by atoms with Gasteiger partial charge in [0.05, 0.1) is 6.04 Å². The lowest BCUT2D eigenvalue weighted by Crippen LogP contribution is -2.64. The van der Waals surface area contributed by atoms with Crippen LogP contribution in [0.2, 0.25) is 0 Å². The van der Waals surface area contributed by atoms with Gasteiger partial charge in [0.25, 0.3) is 0 Å². The van der Waals surface area contributed by atoms with Crippen molar-refractivity contribution in [3.8, 4) is 5.75 Å². The van der Waals surface area contributed by atoms with Crippen molar-refractivity contribution in [1.82, 2.24) is 15.5 Å². The van der Waals surface area contributed by atoms with Crippen LogP contribution in [0.5, 0.6) is 5.75 Å². The van der Waals surface area contributed by atoms with Crippen molar-refractivity contribution in [2.75, 3.05) is 13.1 Å². The summed E-state index contributed by atoms with van der Waals surface area (Å²) in [7, 11) is 0. The smallest absolute Gasteiger partial charge is 0.243 e. The Hall–Kier alpha value is -1.92. The molecule has 2 amide bonds. The van der Waals surface area contributed by atoms with Crippen molar-refractivity contribution in [3.05, 3.63) is 28.8 Å². The molecule has 2 fully saturated rings. The monoisotopic (exact) mass is 327 g/mol. The molecule has 6 heteroatoms. The summed E-state index contributed by atoms with van der Waals surface area (Å²) in [4.78, 5) is 25.7. The summed E-state index contributed by atoms with van der Waals surface area (Å²) in [6.45, 7) is 3.33. The summed E-state index contributed by atoms with van der Waals surface area (Å²) >= 11 is 0. The highest BCUT2D eigenvalue weighted by molar-refractivity contribution is 6.00. The lowest BCUT2D eigenvalue weighted by atomic mass is 9.85. The zero-order valence-electron chi connectivity index (χ0n) is 13.6. The Kier molecular flexibility index (Phi) is 3.03. The number of carbonyl (C=O) groups is 2. The summed E-state index contributed by atoms with van der Waals surface area (Å²) in [6, 6.07) is 4.15. The van der Waals surface area contributed by atoms with E-state index in [2.05, 4.69) is 27.7 Å². The maximum Gasteiger partial charge on any atom is 0.243 e. The molecule has 0 aliphatic carbocycles. The third-order valence-corrected chi connectivity index (χ3v) is 5.89. The van der Waals surface area contributed by atoms with E-state index in [0.29, 0.717) is 12.8 Å². The molecular formula is C18H21N3O3. The number of amides is 2. The van der Waals surface area contributed by atoms with Gasteiger partial charge in [-0.2, -0.15) is 0 Å². The Bertz CT molecular complexity index is 741. The number of piperidine rings is 1. The molecule has 2 saturated heterocycles. The van der Waals surface area contributed by atoms with Crippen molar-refractivity contribution < 1.29 is 14.3 Å². The number of nitrogens with one attached hydrogen (secondary N) is 2. The molecule has 1 spiro atoms. The molecule has 6 nitrogen and oxygen atoms in total. The fourth-order valence-electron chi connectivity index (χ4n) is 4.37. The van der Waals surface area contributed by atoms with Crippen LogP contribution in [-0.2, 0) is 29.1 Å². The highest BCUT2D eigenvalue weighted by Crippen LogP contribution is 2.42. The Morgan fingerprint density at radius 3 is 2.71 bits per heavy atom. The summed E-state index contributed by atoms with van der Waals surface area (Å²) < 4.78 is 6.43. The van der Waals surface area contributed by atoms with Gasteiger partial charge in [-0.3, -0.25) is 19.8 Å². The lowest BCUT2D eigenvalue weighted by molar-refractivity contribution is -0.137. The molecule has 4 aliphatic rings. The number of fused-ring (bicyclic) bond motifs is 3. The molecule has 5 rings (SSSR count). The van der Waals surface area contributed by atoms with Gasteiger partial charge in [-0.1, -0.05) is 12.1 Å². The molecule has 4 aliphatic heterocycles. The highest BCUT2D eigenvalue weighted by atomic mass is 16.5. The van der Waals surface area contributed by atoms with Crippen LogP contribution >= 0.6 is 0 Å². The van der Waals surface area contributed by atoms with E-state index >= 15 is 0 Å². The molecule has 4 heterocycles. The lowest BCUT2D eigenvalue weighted by Gasteiger charge is -2.46. The first-order valence-corrected chi connectivity index (χ1v) is 8.75. The first kappa shape index (κ1) is 14.4. The minimum Gasteiger partial charge on any atom is -0.484 e. The van der Waals surface area contributed by atoms with Gasteiger partial charge in [0.2, 0.25) is 11.8 Å². The number of carbonyl (C=O) groups excluding carboxylic acids is 2. The van der Waals surface area contributed by atoms with Crippen LogP contribution in [0.1, 0.15) is 36.0 Å². The highest BCUT2D eigenvalue weighted by Gasteiger charge is 2.44. The average molecular weight is 327 g/mol. The normalized spacial score (nSPS) is 27.9. The second-order valence-electron chi connectivity index (χ2n) is 7.45. The summed E-state index contributed by atoms with van der Waals surface area (Å²) in [5.74, 6) is 0.733. The van der Waals surface area contributed by atoms with Crippen LogP contribution in [0, 0.1) is 0 Å². The molecule has 1 aromatic rings. The predicted molar refractivity (Wildman–Crippen MR) is 86.4 cm³/mol. The maximum atomic E-state index is 12.2. The molecule has 0 radical (unpaired) electrons. The molecule has 0 aromatic heterocycles. The van der Waals surface area contributed by atoms with Crippen LogP contribution in [0.3, 0.4) is 0 Å². The third kappa shape index (κ3) is 2.09. The van der Waals surface area contributed by atoms with E-state index in [1.807, 2.05) is 0 Å². The van der Waals surface area contributed by atoms with Crippen LogP contribution < -0.4 is 15.4 Å². The van der Waals surface area contributed by atoms with Crippen LogP contribution in [0.4, 0.5) is 0 Å². The van der Waals surface area contributed by atoms with Crippen molar-refractivity contribution >= 4 is 11.8 Å². The van der Waals surface area contributed by atoms with Gasteiger partial charge in [-0.15, -0.1) is 0 Å². The number of rotatable bonds is 1. The molecule has 0 bridgehead atoms. The van der Waals surface area contributed by atoms with Gasteiger partial charge in [-0.25, -0.2) is 0 Å². The molecule has 1 atom stereocenters. The first-order valence-electron chi connectivity index (χ1n) is 8.75. The zero-order chi connectivity index (χ0) is 16.3. The van der Waals surface area contributed by atoms with E-state index in [0.717, 1.165) is 44.8 Å². The van der Waals surface area contributed by atoms with Gasteiger partial charge in [-0.05, 0) is 30.4 Å². The second-order valence-corrected chi connectivity index (χ2v) is 7.45. The standard InChI is InChI=1S/C18H21N3O3/c22-15-4-3-14(17(23)20-15)21-7-12-2-1-11-5-6-18(9-19-10-18)24-16(11)13(12)8-21/h1-2,14,19H,3-10H2,(H,20,22,23). The van der Waals surface area contributed by atoms with Crippen molar-refractivity contribution in [2.45, 2.75) is 50.4 Å². The number of hydrogen-bond acceptors (Lipinski definition) is 5. The fraction of sp³-hybridized carbons (Fsp3) is 0.556. The van der Waals surface area contributed by atoms with Crippen LogP contribution in [0.15, 0.2) is 12.1 Å². The Labute approximate surface area is 140 Å². The molecule has 0 saturated carbocycles. The van der Waals surface area contributed by atoms with E-state index in [1.54, 1.807) is 0 Å². The Morgan fingerprint density at radius 1 is 1.12 bits per heavy atom. The summed E-state index contributed by atoms with van der Waals surface area (Å²) in [5.41, 5.74) is 3.76. The average Bonchev–Trinajstić information content (AvgIpc) is 2.97. The predicted octanol–water partition coefficient (Wildman–Crippen LogP) is 0.474. The largest absolute Gasteiger partial charge is 0.484 e. The van der Waals surface area contributed by atoms with Crippen molar-refractivity contribution in [1.29, 1.82) is 0 Å². The van der Waals surface area contributed by atoms with Gasteiger partial charge in [0.1, 0.15) is 11.4 Å². The minimum absolute atomic E-state index is 0.0236. The van der Waals surface area contributed by atoms with E-state index in [4.69, 9.17) is 4.74 Å². The third-order valence-electron chi connectivity index (χ3n) is 5.89. The van der Waals surface area contributed by atoms with Crippen LogP contribution in [0.25, 0.3) is 0 Å². The Morgan fingerprint density at radius 2 is 1.96 bits per heavy atom. The quantitative estimate of drug-likeness (QED) is 0.734. The topological polar surface area (TPSA) is 70.7 Å². The SMILES string of the molecule is O=C1CCC(N2Cc3ccc4c(c3C2)OC2(CC4)CNC2)C(=O)N1. The number of ether oxygens (including phenoxy) is 1. The molecule has 1 unspecified atom stereocenters. The molecular weight excluding hydrogens is 306 g/mol. The zero-order valence-corrected chi connectivity index (χ0v) is 13.6. The summed E-state index contributed by atoms with van der Waals surface area (Å²) in [5, 5.41) is 5.79. The Balaban J connectivity index is 1.42. The number of aryl methyl sites for hydroxylation is 1.